The molecule has 1 aliphatic rings. The van der Waals surface area contributed by atoms with Crippen molar-refractivity contribution in [1.82, 2.24) is 0 Å². The third-order valence-corrected chi connectivity index (χ3v) is 5.93. The Hall–Kier alpha value is -3.03. The SMILES string of the molecule is O=C(Nc1ccccc1Cl)c1ccc(NC2=C(Cl)C(=O)N(c3ccc(Cl)cc3Cl)C2=O)cc1. The van der Waals surface area contributed by atoms with E-state index in [1.54, 1.807) is 48.5 Å². The minimum Gasteiger partial charge on any atom is -0.350 e. The molecule has 0 aliphatic carbocycles. The molecule has 6 nitrogen and oxygen atoms in total. The molecule has 1 aliphatic heterocycles. The Bertz CT molecular complexity index is 1320. The molecule has 3 aromatic carbocycles. The predicted octanol–water partition coefficient (Wildman–Crippen LogP) is 6.33. The minimum absolute atomic E-state index is 0.110. The van der Waals surface area contributed by atoms with Crippen molar-refractivity contribution in [2.45, 2.75) is 0 Å². The Morgan fingerprint density at radius 2 is 1.48 bits per heavy atom. The van der Waals surface area contributed by atoms with Crippen LogP contribution in [0.15, 0.2) is 77.5 Å². The molecular formula is C23H13Cl4N3O3. The summed E-state index contributed by atoms with van der Waals surface area (Å²) >= 11 is 24.3. The third kappa shape index (κ3) is 4.70. The molecule has 0 bridgehead atoms. The van der Waals surface area contributed by atoms with Crippen LogP contribution in [-0.4, -0.2) is 17.7 Å². The van der Waals surface area contributed by atoms with E-state index in [1.165, 1.54) is 18.2 Å². The van der Waals surface area contributed by atoms with Crippen LogP contribution in [0.3, 0.4) is 0 Å². The van der Waals surface area contributed by atoms with E-state index in [9.17, 15) is 14.4 Å². The van der Waals surface area contributed by atoms with Crippen LogP contribution in [-0.2, 0) is 9.59 Å². The monoisotopic (exact) mass is 519 g/mol. The number of carbonyl (C=O) groups is 3. The van der Waals surface area contributed by atoms with Gasteiger partial charge in [0.2, 0.25) is 0 Å². The highest BCUT2D eigenvalue weighted by Crippen LogP contribution is 2.35. The Morgan fingerprint density at radius 1 is 0.788 bits per heavy atom. The Labute approximate surface area is 208 Å². The Balaban J connectivity index is 1.50. The van der Waals surface area contributed by atoms with Gasteiger partial charge in [-0.2, -0.15) is 0 Å². The van der Waals surface area contributed by atoms with Crippen LogP contribution in [0.25, 0.3) is 0 Å². The lowest BCUT2D eigenvalue weighted by molar-refractivity contribution is -0.120. The molecule has 0 saturated heterocycles. The molecule has 10 heteroatoms. The molecule has 2 N–H and O–H groups in total. The predicted molar refractivity (Wildman–Crippen MR) is 131 cm³/mol. The molecule has 0 unspecified atom stereocenters. The number of para-hydroxylation sites is 1. The smallest absolute Gasteiger partial charge is 0.283 e. The van der Waals surface area contributed by atoms with Gasteiger partial charge in [-0.1, -0.05) is 58.5 Å². The van der Waals surface area contributed by atoms with Crippen LogP contribution in [0.2, 0.25) is 15.1 Å². The van der Waals surface area contributed by atoms with Crippen LogP contribution in [0.4, 0.5) is 17.1 Å². The fourth-order valence-corrected chi connectivity index (χ4v) is 3.99. The fraction of sp³-hybridized carbons (Fsp3) is 0. The maximum atomic E-state index is 12.9. The van der Waals surface area contributed by atoms with E-state index in [2.05, 4.69) is 10.6 Å². The molecule has 3 aromatic rings. The van der Waals surface area contributed by atoms with E-state index >= 15 is 0 Å². The molecule has 0 spiro atoms. The zero-order chi connectivity index (χ0) is 23.7. The summed E-state index contributed by atoms with van der Waals surface area (Å²) in [5.41, 5.74) is 1.35. The first kappa shape index (κ1) is 23.1. The van der Waals surface area contributed by atoms with Gasteiger partial charge in [0, 0.05) is 16.3 Å². The summed E-state index contributed by atoms with van der Waals surface area (Å²) in [6.45, 7) is 0. The molecule has 4 rings (SSSR count). The molecule has 33 heavy (non-hydrogen) atoms. The van der Waals surface area contributed by atoms with Gasteiger partial charge in [0.15, 0.2) is 0 Å². The van der Waals surface area contributed by atoms with Crippen molar-refractivity contribution in [3.8, 4) is 0 Å². The molecule has 0 radical (unpaired) electrons. The zero-order valence-corrected chi connectivity index (χ0v) is 19.6. The molecule has 166 valence electrons. The number of benzene rings is 3. The molecule has 3 amide bonds. The summed E-state index contributed by atoms with van der Waals surface area (Å²) in [5.74, 6) is -1.75. The second kappa shape index (κ2) is 9.45. The van der Waals surface area contributed by atoms with Crippen molar-refractivity contribution in [3.05, 3.63) is 98.1 Å². The number of rotatable bonds is 5. The van der Waals surface area contributed by atoms with Gasteiger partial charge in [0.25, 0.3) is 17.7 Å². The number of nitrogens with zero attached hydrogens (tertiary/aromatic N) is 1. The summed E-state index contributed by atoms with van der Waals surface area (Å²) in [4.78, 5) is 38.9. The van der Waals surface area contributed by atoms with Crippen LogP contribution >= 0.6 is 46.4 Å². The topological polar surface area (TPSA) is 78.5 Å². The summed E-state index contributed by atoms with van der Waals surface area (Å²) in [7, 11) is 0. The van der Waals surface area contributed by atoms with E-state index in [1.807, 2.05) is 0 Å². The van der Waals surface area contributed by atoms with E-state index in [0.717, 1.165) is 4.90 Å². The first-order valence-electron chi connectivity index (χ1n) is 9.43. The third-order valence-electron chi connectivity index (χ3n) is 4.72. The number of imide groups is 1. The minimum atomic E-state index is -0.718. The van der Waals surface area contributed by atoms with Gasteiger partial charge in [-0.25, -0.2) is 4.90 Å². The maximum absolute atomic E-state index is 12.9. The van der Waals surface area contributed by atoms with Crippen molar-refractivity contribution in [3.63, 3.8) is 0 Å². The van der Waals surface area contributed by atoms with Gasteiger partial charge in [-0.3, -0.25) is 14.4 Å². The fourth-order valence-electron chi connectivity index (χ4n) is 3.10. The van der Waals surface area contributed by atoms with Crippen LogP contribution in [0.5, 0.6) is 0 Å². The maximum Gasteiger partial charge on any atom is 0.283 e. The highest BCUT2D eigenvalue weighted by atomic mass is 35.5. The molecule has 1 heterocycles. The number of nitrogens with one attached hydrogen (secondary N) is 2. The second-order valence-corrected chi connectivity index (χ2v) is 8.50. The molecule has 0 atom stereocenters. The highest BCUT2D eigenvalue weighted by Gasteiger charge is 2.39. The number of hydrogen-bond donors (Lipinski definition) is 2. The largest absolute Gasteiger partial charge is 0.350 e. The molecular weight excluding hydrogens is 508 g/mol. The van der Waals surface area contributed by atoms with Gasteiger partial charge in [-0.15, -0.1) is 0 Å². The molecule has 0 saturated carbocycles. The van der Waals surface area contributed by atoms with Crippen molar-refractivity contribution in [2.75, 3.05) is 15.5 Å². The van der Waals surface area contributed by atoms with E-state index in [4.69, 9.17) is 46.4 Å². The highest BCUT2D eigenvalue weighted by molar-refractivity contribution is 6.54. The van der Waals surface area contributed by atoms with Crippen molar-refractivity contribution in [2.24, 2.45) is 0 Å². The number of halogens is 4. The lowest BCUT2D eigenvalue weighted by Crippen LogP contribution is -2.32. The lowest BCUT2D eigenvalue weighted by atomic mass is 10.2. The first-order valence-corrected chi connectivity index (χ1v) is 10.9. The lowest BCUT2D eigenvalue weighted by Gasteiger charge is -2.16. The molecule has 0 fully saturated rings. The Morgan fingerprint density at radius 3 is 2.15 bits per heavy atom. The van der Waals surface area contributed by atoms with Gasteiger partial charge in [0.1, 0.15) is 10.7 Å². The summed E-state index contributed by atoms with van der Waals surface area (Å²) < 4.78 is 0. The first-order chi connectivity index (χ1) is 15.8. The van der Waals surface area contributed by atoms with Crippen molar-refractivity contribution >= 4 is 81.2 Å². The van der Waals surface area contributed by atoms with Crippen LogP contribution in [0.1, 0.15) is 10.4 Å². The van der Waals surface area contributed by atoms with Gasteiger partial charge < -0.3 is 10.6 Å². The van der Waals surface area contributed by atoms with Gasteiger partial charge in [-0.05, 0) is 54.6 Å². The quantitative estimate of drug-likeness (QED) is 0.385. The van der Waals surface area contributed by atoms with Gasteiger partial charge >= 0.3 is 0 Å². The number of amides is 3. The average Bonchev–Trinajstić information content (AvgIpc) is 2.99. The zero-order valence-electron chi connectivity index (χ0n) is 16.5. The number of hydrogen-bond acceptors (Lipinski definition) is 4. The standard InChI is InChI=1S/C23H13Cl4N3O3/c24-13-7-10-18(16(26)11-13)30-22(32)19(27)20(23(30)33)28-14-8-5-12(6-9-14)21(31)29-17-4-2-1-3-15(17)25/h1-11,28H,(H,29,31). The Kier molecular flexibility index (Phi) is 6.63. The summed E-state index contributed by atoms with van der Waals surface area (Å²) in [6, 6.07) is 17.5. The van der Waals surface area contributed by atoms with Gasteiger partial charge in [0.05, 0.1) is 21.4 Å². The second-order valence-electron chi connectivity index (χ2n) is 6.87. The summed E-state index contributed by atoms with van der Waals surface area (Å²) in [6.07, 6.45) is 0. The van der Waals surface area contributed by atoms with E-state index < -0.39 is 11.8 Å². The number of anilines is 3. The average molecular weight is 521 g/mol. The van der Waals surface area contributed by atoms with E-state index in [0.29, 0.717) is 27.0 Å². The van der Waals surface area contributed by atoms with Crippen molar-refractivity contribution < 1.29 is 14.4 Å². The normalized spacial score (nSPS) is 13.5. The number of carbonyl (C=O) groups excluding carboxylic acids is 3. The van der Waals surface area contributed by atoms with Crippen molar-refractivity contribution in [1.29, 1.82) is 0 Å². The molecule has 0 aromatic heterocycles. The van der Waals surface area contributed by atoms with E-state index in [-0.39, 0.29) is 27.3 Å². The summed E-state index contributed by atoms with van der Waals surface area (Å²) in [5, 5.41) is 6.18. The van der Waals surface area contributed by atoms with Crippen LogP contribution in [0, 0.1) is 0 Å². The van der Waals surface area contributed by atoms with Crippen LogP contribution < -0.4 is 15.5 Å².